The predicted octanol–water partition coefficient (Wildman–Crippen LogP) is 4.09. The molecule has 0 aliphatic rings. The first-order valence-electron chi connectivity index (χ1n) is 6.11. The van der Waals surface area contributed by atoms with E-state index in [1.165, 1.54) is 6.07 Å². The summed E-state index contributed by atoms with van der Waals surface area (Å²) in [5.74, 6) is 0.222. The van der Waals surface area contributed by atoms with Crippen LogP contribution in [0.3, 0.4) is 0 Å². The largest absolute Gasteiger partial charge is 0.459 e. The zero-order chi connectivity index (χ0) is 14.3. The maximum Gasteiger partial charge on any atom is 0.141 e. The van der Waals surface area contributed by atoms with Gasteiger partial charge in [0, 0.05) is 21.6 Å². The molecule has 0 amide bonds. The molecule has 3 rings (SSSR count). The van der Waals surface area contributed by atoms with Gasteiger partial charge in [0.1, 0.15) is 17.2 Å². The van der Waals surface area contributed by atoms with Crippen molar-refractivity contribution in [2.75, 3.05) is 0 Å². The van der Waals surface area contributed by atoms with Crippen LogP contribution in [0.25, 0.3) is 11.0 Å². The molecule has 2 heterocycles. The Bertz CT molecular complexity index is 785. The number of furan rings is 1. The molecule has 5 heteroatoms. The highest BCUT2D eigenvalue weighted by molar-refractivity contribution is 9.10. The van der Waals surface area contributed by atoms with Gasteiger partial charge in [0.05, 0.1) is 12.2 Å². The van der Waals surface area contributed by atoms with Crippen LogP contribution >= 0.6 is 15.9 Å². The smallest absolute Gasteiger partial charge is 0.141 e. The maximum atomic E-state index is 13.2. The second-order valence-electron chi connectivity index (χ2n) is 4.65. The van der Waals surface area contributed by atoms with Gasteiger partial charge in [0.25, 0.3) is 0 Å². The number of hydrogen-bond acceptors (Lipinski definition) is 3. The van der Waals surface area contributed by atoms with Crippen molar-refractivity contribution < 1.29 is 8.81 Å². The first kappa shape index (κ1) is 13.3. The van der Waals surface area contributed by atoms with Crippen LogP contribution in [-0.4, -0.2) is 4.98 Å². The Kier molecular flexibility index (Phi) is 3.31. The lowest BCUT2D eigenvalue weighted by Crippen LogP contribution is -2.12. The number of nitrogens with two attached hydrogens (primary N) is 1. The molecule has 0 spiro atoms. The minimum absolute atomic E-state index is 0.408. The molecule has 2 aromatic heterocycles. The van der Waals surface area contributed by atoms with Crippen LogP contribution in [-0.2, 0) is 0 Å². The van der Waals surface area contributed by atoms with E-state index in [0.29, 0.717) is 11.3 Å². The summed E-state index contributed by atoms with van der Waals surface area (Å²) in [6.45, 7) is 1.94. The third-order valence-corrected chi connectivity index (χ3v) is 3.80. The number of pyridine rings is 1. The van der Waals surface area contributed by atoms with Gasteiger partial charge >= 0.3 is 0 Å². The number of rotatable bonds is 2. The lowest BCUT2D eigenvalue weighted by atomic mass is 10.0. The van der Waals surface area contributed by atoms with Crippen LogP contribution < -0.4 is 5.73 Å². The minimum Gasteiger partial charge on any atom is -0.459 e. The molecular weight excluding hydrogens is 323 g/mol. The van der Waals surface area contributed by atoms with Gasteiger partial charge in [0.2, 0.25) is 0 Å². The standard InChI is InChI=1S/C15H12BrFN2O/c1-8-12-5-10(16)2-3-13(12)20-15(8)14(18)9-4-11(17)7-19-6-9/h2-7,14H,18H2,1H3. The number of fused-ring (bicyclic) bond motifs is 1. The van der Waals surface area contributed by atoms with Crippen LogP contribution in [0.4, 0.5) is 4.39 Å². The Morgan fingerprint density at radius 3 is 2.85 bits per heavy atom. The van der Waals surface area contributed by atoms with Crippen LogP contribution in [0.15, 0.2) is 45.5 Å². The molecule has 0 saturated carbocycles. The Balaban J connectivity index is 2.12. The molecule has 0 bridgehead atoms. The van der Waals surface area contributed by atoms with Crippen molar-refractivity contribution >= 4 is 26.9 Å². The average molecular weight is 335 g/mol. The second-order valence-corrected chi connectivity index (χ2v) is 5.56. The van der Waals surface area contributed by atoms with E-state index in [-0.39, 0.29) is 0 Å². The molecule has 102 valence electrons. The molecule has 0 fully saturated rings. The second kappa shape index (κ2) is 5.00. The number of hydrogen-bond donors (Lipinski definition) is 1. The van der Waals surface area contributed by atoms with Crippen molar-refractivity contribution in [2.45, 2.75) is 13.0 Å². The van der Waals surface area contributed by atoms with Gasteiger partial charge in [0.15, 0.2) is 0 Å². The van der Waals surface area contributed by atoms with Crippen molar-refractivity contribution in [2.24, 2.45) is 5.73 Å². The molecule has 20 heavy (non-hydrogen) atoms. The molecule has 0 saturated heterocycles. The molecule has 0 aliphatic heterocycles. The summed E-state index contributed by atoms with van der Waals surface area (Å²) in [6.07, 6.45) is 2.70. The highest BCUT2D eigenvalue weighted by Crippen LogP contribution is 2.32. The van der Waals surface area contributed by atoms with Gasteiger partial charge in [-0.05, 0) is 36.8 Å². The Morgan fingerprint density at radius 2 is 2.10 bits per heavy atom. The number of benzene rings is 1. The Hall–Kier alpha value is -1.72. The SMILES string of the molecule is Cc1c(C(N)c2cncc(F)c2)oc2ccc(Br)cc12. The van der Waals surface area contributed by atoms with E-state index in [1.54, 1.807) is 6.20 Å². The van der Waals surface area contributed by atoms with Crippen molar-refractivity contribution in [3.05, 3.63) is 63.8 Å². The molecule has 1 unspecified atom stereocenters. The highest BCUT2D eigenvalue weighted by atomic mass is 79.9. The third kappa shape index (κ3) is 2.23. The van der Waals surface area contributed by atoms with Crippen molar-refractivity contribution in [3.63, 3.8) is 0 Å². The molecule has 0 radical (unpaired) electrons. The first-order valence-corrected chi connectivity index (χ1v) is 6.90. The summed E-state index contributed by atoms with van der Waals surface area (Å²) < 4.78 is 20.0. The fourth-order valence-electron chi connectivity index (χ4n) is 2.26. The molecule has 3 aromatic rings. The van der Waals surface area contributed by atoms with E-state index >= 15 is 0 Å². The van der Waals surface area contributed by atoms with E-state index in [1.807, 2.05) is 25.1 Å². The lowest BCUT2D eigenvalue weighted by Gasteiger charge is -2.09. The number of aromatic nitrogens is 1. The summed E-state index contributed by atoms with van der Waals surface area (Å²) in [5.41, 5.74) is 8.49. The Labute approximate surface area is 123 Å². The van der Waals surface area contributed by atoms with Crippen LogP contribution in [0, 0.1) is 12.7 Å². The van der Waals surface area contributed by atoms with E-state index in [2.05, 4.69) is 20.9 Å². The summed E-state index contributed by atoms with van der Waals surface area (Å²) in [4.78, 5) is 3.82. The van der Waals surface area contributed by atoms with Crippen molar-refractivity contribution in [1.29, 1.82) is 0 Å². The van der Waals surface area contributed by atoms with Gasteiger partial charge in [-0.1, -0.05) is 15.9 Å². The molecule has 2 N–H and O–H groups in total. The van der Waals surface area contributed by atoms with Gasteiger partial charge in [-0.3, -0.25) is 4.98 Å². The highest BCUT2D eigenvalue weighted by Gasteiger charge is 2.19. The van der Waals surface area contributed by atoms with E-state index in [9.17, 15) is 4.39 Å². The fraction of sp³-hybridized carbons (Fsp3) is 0.133. The summed E-state index contributed by atoms with van der Waals surface area (Å²) >= 11 is 3.43. The monoisotopic (exact) mass is 334 g/mol. The number of nitrogens with zero attached hydrogens (tertiary/aromatic N) is 1. The molecule has 1 aromatic carbocycles. The molecule has 3 nitrogen and oxygen atoms in total. The number of halogens is 2. The van der Waals surface area contributed by atoms with E-state index < -0.39 is 11.9 Å². The fourth-order valence-corrected chi connectivity index (χ4v) is 2.62. The summed E-state index contributed by atoms with van der Waals surface area (Å²) in [6, 6.07) is 6.61. The van der Waals surface area contributed by atoms with Crippen LogP contribution in [0.2, 0.25) is 0 Å². The van der Waals surface area contributed by atoms with Crippen LogP contribution in [0.5, 0.6) is 0 Å². The normalized spacial score (nSPS) is 12.8. The van der Waals surface area contributed by atoms with Gasteiger partial charge in [-0.25, -0.2) is 4.39 Å². The topological polar surface area (TPSA) is 52.0 Å². The summed E-state index contributed by atoms with van der Waals surface area (Å²) in [5, 5.41) is 0.995. The Morgan fingerprint density at radius 1 is 1.30 bits per heavy atom. The average Bonchev–Trinajstić information content (AvgIpc) is 2.75. The predicted molar refractivity (Wildman–Crippen MR) is 78.9 cm³/mol. The van der Waals surface area contributed by atoms with Gasteiger partial charge in [-0.15, -0.1) is 0 Å². The van der Waals surface area contributed by atoms with E-state index in [0.717, 1.165) is 27.2 Å². The molecular formula is C15H12BrFN2O. The maximum absolute atomic E-state index is 13.2. The van der Waals surface area contributed by atoms with Crippen LogP contribution in [0.1, 0.15) is 22.9 Å². The first-order chi connectivity index (χ1) is 9.56. The minimum atomic E-state index is -0.538. The van der Waals surface area contributed by atoms with Crippen molar-refractivity contribution in [1.82, 2.24) is 4.98 Å². The quantitative estimate of drug-likeness (QED) is 0.768. The third-order valence-electron chi connectivity index (χ3n) is 3.30. The lowest BCUT2D eigenvalue weighted by molar-refractivity contribution is 0.518. The van der Waals surface area contributed by atoms with Crippen molar-refractivity contribution in [3.8, 4) is 0 Å². The van der Waals surface area contributed by atoms with Gasteiger partial charge < -0.3 is 10.2 Å². The molecule has 0 aliphatic carbocycles. The summed E-state index contributed by atoms with van der Waals surface area (Å²) in [7, 11) is 0. The zero-order valence-corrected chi connectivity index (χ0v) is 12.3. The van der Waals surface area contributed by atoms with E-state index in [4.69, 9.17) is 10.2 Å². The number of aryl methyl sites for hydroxylation is 1. The zero-order valence-electron chi connectivity index (χ0n) is 10.7. The molecule has 1 atom stereocenters. The van der Waals surface area contributed by atoms with Gasteiger partial charge in [-0.2, -0.15) is 0 Å².